The molecule has 0 aliphatic carbocycles. The van der Waals surface area contributed by atoms with Crippen LogP contribution in [0.5, 0.6) is 11.5 Å². The zero-order chi connectivity index (χ0) is 21.1. The van der Waals surface area contributed by atoms with E-state index in [1.807, 2.05) is 24.3 Å². The fourth-order valence-corrected chi connectivity index (χ4v) is 2.28. The van der Waals surface area contributed by atoms with Crippen LogP contribution in [-0.4, -0.2) is 38.9 Å². The van der Waals surface area contributed by atoms with Crippen molar-refractivity contribution in [2.45, 2.75) is 13.0 Å². The van der Waals surface area contributed by atoms with E-state index in [0.717, 1.165) is 22.6 Å². The number of methoxy groups -OCH3 is 2. The van der Waals surface area contributed by atoms with Crippen molar-refractivity contribution >= 4 is 24.1 Å². The van der Waals surface area contributed by atoms with Crippen LogP contribution >= 0.6 is 0 Å². The number of hydrogen-bond acceptors (Lipinski definition) is 6. The quantitative estimate of drug-likeness (QED) is 0.473. The number of carbonyl (C=O) groups is 2. The van der Waals surface area contributed by atoms with Gasteiger partial charge in [-0.1, -0.05) is 24.3 Å². The Morgan fingerprint density at radius 3 is 1.69 bits per heavy atom. The first kappa shape index (κ1) is 21.8. The van der Waals surface area contributed by atoms with E-state index in [9.17, 15) is 9.59 Å². The smallest absolute Gasteiger partial charge is 0.331 e. The third-order valence-corrected chi connectivity index (χ3v) is 3.83. The van der Waals surface area contributed by atoms with Gasteiger partial charge in [-0.2, -0.15) is 0 Å². The molecule has 1 atom stereocenters. The Balaban J connectivity index is 1.73. The minimum Gasteiger partial charge on any atom is -0.497 e. The lowest BCUT2D eigenvalue weighted by atomic mass is 10.2. The van der Waals surface area contributed by atoms with Crippen molar-refractivity contribution in [3.63, 3.8) is 0 Å². The average molecular weight is 396 g/mol. The third kappa shape index (κ3) is 7.92. The fourth-order valence-electron chi connectivity index (χ4n) is 2.28. The predicted octanol–water partition coefficient (Wildman–Crippen LogP) is 3.91. The van der Waals surface area contributed by atoms with Gasteiger partial charge in [0.2, 0.25) is 0 Å². The van der Waals surface area contributed by atoms with Crippen molar-refractivity contribution in [2.24, 2.45) is 0 Å². The average Bonchev–Trinajstić information content (AvgIpc) is 2.75. The zero-order valence-corrected chi connectivity index (χ0v) is 16.7. The minimum absolute atomic E-state index is 0.0338. The van der Waals surface area contributed by atoms with Crippen LogP contribution in [0.4, 0.5) is 0 Å². The number of rotatable bonds is 9. The summed E-state index contributed by atoms with van der Waals surface area (Å²) >= 11 is 0. The SMILES string of the molecule is COc1ccc(/C=C/C(=O)OCC(C)OC(=O)/C=C/c2ccc(OC)cc2)cc1. The first-order chi connectivity index (χ1) is 14.0. The van der Waals surface area contributed by atoms with E-state index >= 15 is 0 Å². The Bertz CT molecular complexity index is 850. The summed E-state index contributed by atoms with van der Waals surface area (Å²) in [4.78, 5) is 23.7. The Labute approximate surface area is 170 Å². The van der Waals surface area contributed by atoms with Gasteiger partial charge in [-0.25, -0.2) is 9.59 Å². The lowest BCUT2D eigenvalue weighted by Gasteiger charge is -2.11. The molecule has 0 aliphatic rings. The molecule has 2 aromatic rings. The lowest BCUT2D eigenvalue weighted by Crippen LogP contribution is -2.20. The summed E-state index contributed by atoms with van der Waals surface area (Å²) in [5.41, 5.74) is 1.68. The standard InChI is InChI=1S/C23H24O6/c1-17(29-23(25)15-9-19-6-12-21(27-3)13-7-19)16-28-22(24)14-8-18-4-10-20(26-2)11-5-18/h4-15,17H,16H2,1-3H3/b14-8+,15-9+. The summed E-state index contributed by atoms with van der Waals surface area (Å²) in [6.45, 7) is 1.62. The molecule has 6 heteroatoms. The maximum atomic E-state index is 11.9. The van der Waals surface area contributed by atoms with E-state index in [-0.39, 0.29) is 6.61 Å². The molecule has 0 N–H and O–H groups in total. The largest absolute Gasteiger partial charge is 0.497 e. The van der Waals surface area contributed by atoms with Gasteiger partial charge >= 0.3 is 11.9 Å². The number of carbonyl (C=O) groups excluding carboxylic acids is 2. The van der Waals surface area contributed by atoms with Crippen LogP contribution in [0, 0.1) is 0 Å². The van der Waals surface area contributed by atoms with E-state index in [1.54, 1.807) is 57.6 Å². The van der Waals surface area contributed by atoms with Gasteiger partial charge < -0.3 is 18.9 Å². The number of esters is 2. The van der Waals surface area contributed by atoms with Gasteiger partial charge in [-0.3, -0.25) is 0 Å². The van der Waals surface area contributed by atoms with Crippen molar-refractivity contribution in [2.75, 3.05) is 20.8 Å². The molecule has 152 valence electrons. The van der Waals surface area contributed by atoms with E-state index in [4.69, 9.17) is 18.9 Å². The highest BCUT2D eigenvalue weighted by atomic mass is 16.6. The van der Waals surface area contributed by atoms with Gasteiger partial charge in [0, 0.05) is 12.2 Å². The van der Waals surface area contributed by atoms with Crippen molar-refractivity contribution in [1.29, 1.82) is 0 Å². The molecular formula is C23H24O6. The summed E-state index contributed by atoms with van der Waals surface area (Å²) in [6, 6.07) is 14.5. The van der Waals surface area contributed by atoms with Crippen LogP contribution in [0.15, 0.2) is 60.7 Å². The molecule has 6 nitrogen and oxygen atoms in total. The molecule has 0 saturated carbocycles. The minimum atomic E-state index is -0.568. The molecule has 0 aromatic heterocycles. The maximum absolute atomic E-state index is 11.9. The molecule has 0 amide bonds. The van der Waals surface area contributed by atoms with E-state index in [2.05, 4.69) is 0 Å². The van der Waals surface area contributed by atoms with Crippen LogP contribution in [0.25, 0.3) is 12.2 Å². The van der Waals surface area contributed by atoms with Gasteiger partial charge in [0.1, 0.15) is 24.2 Å². The van der Waals surface area contributed by atoms with Crippen molar-refractivity contribution in [3.8, 4) is 11.5 Å². The normalized spacial score (nSPS) is 12.0. The first-order valence-corrected chi connectivity index (χ1v) is 9.02. The Morgan fingerprint density at radius 2 is 1.24 bits per heavy atom. The third-order valence-electron chi connectivity index (χ3n) is 3.83. The summed E-state index contributed by atoms with van der Waals surface area (Å²) < 4.78 is 20.4. The molecule has 2 aromatic carbocycles. The van der Waals surface area contributed by atoms with E-state index in [1.165, 1.54) is 12.2 Å². The Kier molecular flexibility index (Phi) is 8.51. The predicted molar refractivity (Wildman–Crippen MR) is 111 cm³/mol. The summed E-state index contributed by atoms with van der Waals surface area (Å²) in [7, 11) is 3.18. The van der Waals surface area contributed by atoms with Crippen LogP contribution in [0.2, 0.25) is 0 Å². The Hall–Kier alpha value is -3.54. The van der Waals surface area contributed by atoms with Gasteiger partial charge in [0.15, 0.2) is 0 Å². The van der Waals surface area contributed by atoms with Crippen LogP contribution in [0.3, 0.4) is 0 Å². The molecule has 0 spiro atoms. The molecule has 2 rings (SSSR count). The second kappa shape index (κ2) is 11.3. The molecule has 1 unspecified atom stereocenters. The monoisotopic (exact) mass is 396 g/mol. The number of hydrogen-bond donors (Lipinski definition) is 0. The second-order valence-electron chi connectivity index (χ2n) is 6.09. The van der Waals surface area contributed by atoms with Crippen molar-refractivity contribution < 1.29 is 28.5 Å². The molecule has 0 saturated heterocycles. The number of benzene rings is 2. The van der Waals surface area contributed by atoms with Gasteiger partial charge in [-0.15, -0.1) is 0 Å². The highest BCUT2D eigenvalue weighted by molar-refractivity contribution is 5.88. The Morgan fingerprint density at radius 1 is 0.793 bits per heavy atom. The molecule has 0 fully saturated rings. The lowest BCUT2D eigenvalue weighted by molar-refractivity contribution is -0.151. The first-order valence-electron chi connectivity index (χ1n) is 9.02. The second-order valence-corrected chi connectivity index (χ2v) is 6.09. The van der Waals surface area contributed by atoms with Gasteiger partial charge in [0.05, 0.1) is 14.2 Å². The van der Waals surface area contributed by atoms with Gasteiger partial charge in [0.25, 0.3) is 0 Å². The molecule has 0 radical (unpaired) electrons. The zero-order valence-electron chi connectivity index (χ0n) is 16.7. The van der Waals surface area contributed by atoms with Crippen molar-refractivity contribution in [3.05, 3.63) is 71.8 Å². The summed E-state index contributed by atoms with van der Waals surface area (Å²) in [6.07, 6.45) is 5.35. The van der Waals surface area contributed by atoms with Crippen molar-refractivity contribution in [1.82, 2.24) is 0 Å². The summed E-state index contributed by atoms with van der Waals surface area (Å²) in [5, 5.41) is 0. The molecular weight excluding hydrogens is 372 g/mol. The van der Waals surface area contributed by atoms with Crippen LogP contribution in [0.1, 0.15) is 18.1 Å². The highest BCUT2D eigenvalue weighted by Crippen LogP contribution is 2.13. The van der Waals surface area contributed by atoms with Gasteiger partial charge in [-0.05, 0) is 54.5 Å². The highest BCUT2D eigenvalue weighted by Gasteiger charge is 2.09. The van der Waals surface area contributed by atoms with Crippen LogP contribution in [-0.2, 0) is 19.1 Å². The number of ether oxygens (including phenoxy) is 4. The molecule has 0 aliphatic heterocycles. The maximum Gasteiger partial charge on any atom is 0.331 e. The van der Waals surface area contributed by atoms with E-state index < -0.39 is 18.0 Å². The van der Waals surface area contributed by atoms with Crippen LogP contribution < -0.4 is 9.47 Å². The molecule has 0 bridgehead atoms. The van der Waals surface area contributed by atoms with E-state index in [0.29, 0.717) is 0 Å². The topological polar surface area (TPSA) is 71.1 Å². The molecule has 0 heterocycles. The fraction of sp³-hybridized carbons (Fsp3) is 0.217. The summed E-state index contributed by atoms with van der Waals surface area (Å²) in [5.74, 6) is 0.443. The molecule has 29 heavy (non-hydrogen) atoms.